The van der Waals surface area contributed by atoms with Crippen LogP contribution in [-0.4, -0.2) is 11.4 Å². The third-order valence-electron chi connectivity index (χ3n) is 2.95. The van der Waals surface area contributed by atoms with Gasteiger partial charge in [0.05, 0.1) is 12.7 Å². The first kappa shape index (κ1) is 13.7. The number of hydrogen-bond donors (Lipinski definition) is 0. The van der Waals surface area contributed by atoms with Gasteiger partial charge >= 0.3 is 0 Å². The van der Waals surface area contributed by atoms with E-state index in [9.17, 15) is 0 Å². The molecule has 2 heteroatoms. The number of ether oxygens (including phenoxy) is 1. The molecule has 1 aromatic rings. The van der Waals surface area contributed by atoms with Gasteiger partial charge in [-0.3, -0.25) is 0 Å². The standard InChI is InChI=1S/C14H21BrO/c1-12(7-6-10-15)13(2)16-11-14-8-4-3-5-9-14/h3-5,8-9,12-13H,6-7,10-11H2,1-2H3/t12-,13+/m0/s1. The summed E-state index contributed by atoms with van der Waals surface area (Å²) in [4.78, 5) is 0. The first-order chi connectivity index (χ1) is 7.74. The van der Waals surface area contributed by atoms with Gasteiger partial charge in [-0.05, 0) is 31.2 Å². The summed E-state index contributed by atoms with van der Waals surface area (Å²) >= 11 is 3.46. The van der Waals surface area contributed by atoms with Crippen LogP contribution in [0.5, 0.6) is 0 Å². The number of alkyl halides is 1. The van der Waals surface area contributed by atoms with Crippen molar-refractivity contribution in [1.29, 1.82) is 0 Å². The molecule has 90 valence electrons. The van der Waals surface area contributed by atoms with Crippen molar-refractivity contribution >= 4 is 15.9 Å². The van der Waals surface area contributed by atoms with Crippen LogP contribution in [-0.2, 0) is 11.3 Å². The Morgan fingerprint density at radius 1 is 1.19 bits per heavy atom. The molecule has 16 heavy (non-hydrogen) atoms. The number of halogens is 1. The average Bonchev–Trinajstić information content (AvgIpc) is 2.34. The zero-order valence-corrected chi connectivity index (χ0v) is 11.7. The van der Waals surface area contributed by atoms with Crippen LogP contribution >= 0.6 is 15.9 Å². The van der Waals surface area contributed by atoms with Gasteiger partial charge in [0.2, 0.25) is 0 Å². The molecule has 0 radical (unpaired) electrons. The summed E-state index contributed by atoms with van der Waals surface area (Å²) in [6.07, 6.45) is 2.78. The summed E-state index contributed by atoms with van der Waals surface area (Å²) < 4.78 is 5.87. The molecule has 0 aliphatic carbocycles. The Bertz CT molecular complexity index is 273. The topological polar surface area (TPSA) is 9.23 Å². The molecule has 0 N–H and O–H groups in total. The zero-order chi connectivity index (χ0) is 11.8. The summed E-state index contributed by atoms with van der Waals surface area (Å²) in [6.45, 7) is 5.15. The van der Waals surface area contributed by atoms with Crippen molar-refractivity contribution in [3.8, 4) is 0 Å². The summed E-state index contributed by atoms with van der Waals surface area (Å²) in [7, 11) is 0. The van der Waals surface area contributed by atoms with Crippen molar-refractivity contribution in [3.63, 3.8) is 0 Å². The fourth-order valence-corrected chi connectivity index (χ4v) is 1.92. The van der Waals surface area contributed by atoms with Crippen molar-refractivity contribution < 1.29 is 4.74 Å². The molecule has 1 rings (SSSR count). The Labute approximate surface area is 107 Å². The Morgan fingerprint density at radius 2 is 1.88 bits per heavy atom. The van der Waals surface area contributed by atoms with Gasteiger partial charge < -0.3 is 4.74 Å². The lowest BCUT2D eigenvalue weighted by Crippen LogP contribution is -2.18. The van der Waals surface area contributed by atoms with Gasteiger partial charge in [0.15, 0.2) is 0 Å². The summed E-state index contributed by atoms with van der Waals surface area (Å²) in [5.74, 6) is 0.626. The molecular weight excluding hydrogens is 264 g/mol. The van der Waals surface area contributed by atoms with E-state index < -0.39 is 0 Å². The molecule has 0 unspecified atom stereocenters. The van der Waals surface area contributed by atoms with Gasteiger partial charge in [-0.15, -0.1) is 0 Å². The van der Waals surface area contributed by atoms with E-state index in [2.05, 4.69) is 54.0 Å². The summed E-state index contributed by atoms with van der Waals surface area (Å²) in [5, 5.41) is 1.09. The maximum absolute atomic E-state index is 5.87. The van der Waals surface area contributed by atoms with Gasteiger partial charge in [0.25, 0.3) is 0 Å². The molecule has 1 aromatic carbocycles. The Morgan fingerprint density at radius 3 is 2.50 bits per heavy atom. The third-order valence-corrected chi connectivity index (χ3v) is 3.51. The molecule has 0 aromatic heterocycles. The molecule has 0 saturated carbocycles. The van der Waals surface area contributed by atoms with Crippen LogP contribution in [0.1, 0.15) is 32.3 Å². The first-order valence-electron chi connectivity index (χ1n) is 5.95. The van der Waals surface area contributed by atoms with E-state index in [1.54, 1.807) is 0 Å². The van der Waals surface area contributed by atoms with Gasteiger partial charge in [0.1, 0.15) is 0 Å². The minimum absolute atomic E-state index is 0.333. The van der Waals surface area contributed by atoms with Crippen molar-refractivity contribution in [2.45, 2.75) is 39.4 Å². The Kier molecular flexibility index (Phi) is 6.74. The van der Waals surface area contributed by atoms with Crippen LogP contribution in [0.15, 0.2) is 30.3 Å². The lowest BCUT2D eigenvalue weighted by molar-refractivity contribution is 0.0160. The van der Waals surface area contributed by atoms with Crippen LogP contribution in [0, 0.1) is 5.92 Å². The predicted molar refractivity (Wildman–Crippen MR) is 72.9 cm³/mol. The highest BCUT2D eigenvalue weighted by atomic mass is 79.9. The third kappa shape index (κ3) is 5.13. The number of benzene rings is 1. The van der Waals surface area contributed by atoms with E-state index in [0.29, 0.717) is 12.0 Å². The van der Waals surface area contributed by atoms with Crippen LogP contribution in [0.2, 0.25) is 0 Å². The molecule has 2 atom stereocenters. The molecule has 0 saturated heterocycles. The molecule has 0 aliphatic heterocycles. The van der Waals surface area contributed by atoms with Gasteiger partial charge in [0, 0.05) is 5.33 Å². The second-order valence-corrected chi connectivity index (χ2v) is 5.10. The molecule has 0 aliphatic rings. The molecule has 0 fully saturated rings. The highest BCUT2D eigenvalue weighted by Crippen LogP contribution is 2.16. The summed E-state index contributed by atoms with van der Waals surface area (Å²) in [6, 6.07) is 10.4. The Hall–Kier alpha value is -0.340. The number of hydrogen-bond acceptors (Lipinski definition) is 1. The highest BCUT2D eigenvalue weighted by molar-refractivity contribution is 9.09. The van der Waals surface area contributed by atoms with Crippen LogP contribution < -0.4 is 0 Å². The van der Waals surface area contributed by atoms with E-state index in [1.165, 1.54) is 18.4 Å². The number of rotatable bonds is 7. The monoisotopic (exact) mass is 284 g/mol. The summed E-state index contributed by atoms with van der Waals surface area (Å²) in [5.41, 5.74) is 1.25. The van der Waals surface area contributed by atoms with Gasteiger partial charge in [-0.1, -0.05) is 53.2 Å². The van der Waals surface area contributed by atoms with E-state index in [-0.39, 0.29) is 0 Å². The highest BCUT2D eigenvalue weighted by Gasteiger charge is 2.11. The fourth-order valence-electron chi connectivity index (χ4n) is 1.60. The molecule has 0 spiro atoms. The van der Waals surface area contributed by atoms with Crippen LogP contribution in [0.25, 0.3) is 0 Å². The van der Waals surface area contributed by atoms with Gasteiger partial charge in [-0.2, -0.15) is 0 Å². The SMILES string of the molecule is C[C@@H](CCCBr)[C@@H](C)OCc1ccccc1. The normalized spacial score (nSPS) is 14.7. The second kappa shape index (κ2) is 7.86. The smallest absolute Gasteiger partial charge is 0.0720 e. The quantitative estimate of drug-likeness (QED) is 0.675. The van der Waals surface area contributed by atoms with Crippen LogP contribution in [0.4, 0.5) is 0 Å². The maximum atomic E-state index is 5.87. The first-order valence-corrected chi connectivity index (χ1v) is 7.07. The lowest BCUT2D eigenvalue weighted by Gasteiger charge is -2.20. The van der Waals surface area contributed by atoms with Gasteiger partial charge in [-0.25, -0.2) is 0 Å². The predicted octanol–water partition coefficient (Wildman–Crippen LogP) is 4.40. The molecule has 0 heterocycles. The largest absolute Gasteiger partial charge is 0.374 e. The van der Waals surface area contributed by atoms with E-state index in [0.717, 1.165) is 11.9 Å². The van der Waals surface area contributed by atoms with E-state index in [1.807, 2.05) is 6.07 Å². The van der Waals surface area contributed by atoms with Crippen molar-refractivity contribution in [2.24, 2.45) is 5.92 Å². The molecule has 0 bridgehead atoms. The Balaban J connectivity index is 2.26. The average molecular weight is 285 g/mol. The van der Waals surface area contributed by atoms with Crippen molar-refractivity contribution in [1.82, 2.24) is 0 Å². The fraction of sp³-hybridized carbons (Fsp3) is 0.571. The molecular formula is C14H21BrO. The lowest BCUT2D eigenvalue weighted by atomic mass is 10.0. The van der Waals surface area contributed by atoms with E-state index in [4.69, 9.17) is 4.74 Å². The zero-order valence-electron chi connectivity index (χ0n) is 10.2. The second-order valence-electron chi connectivity index (χ2n) is 4.31. The maximum Gasteiger partial charge on any atom is 0.0720 e. The van der Waals surface area contributed by atoms with Crippen LogP contribution in [0.3, 0.4) is 0 Å². The van der Waals surface area contributed by atoms with E-state index >= 15 is 0 Å². The van der Waals surface area contributed by atoms with Crippen molar-refractivity contribution in [2.75, 3.05) is 5.33 Å². The molecule has 0 amide bonds. The molecule has 1 nitrogen and oxygen atoms in total. The minimum Gasteiger partial charge on any atom is -0.374 e. The van der Waals surface area contributed by atoms with Crippen molar-refractivity contribution in [3.05, 3.63) is 35.9 Å². The minimum atomic E-state index is 0.333.